The maximum absolute atomic E-state index is 5.36. The molecule has 0 amide bonds. The highest BCUT2D eigenvalue weighted by atomic mass is 15.3. The fourth-order valence-electron chi connectivity index (χ4n) is 6.09. The van der Waals surface area contributed by atoms with Crippen LogP contribution < -0.4 is 0 Å². The van der Waals surface area contributed by atoms with Gasteiger partial charge in [0.15, 0.2) is 17.3 Å². The maximum Gasteiger partial charge on any atom is 0.223 e. The molecular formula is C35H22N6. The van der Waals surface area contributed by atoms with E-state index in [9.17, 15) is 0 Å². The van der Waals surface area contributed by atoms with Gasteiger partial charge in [-0.15, -0.1) is 0 Å². The SMILES string of the molecule is c1ccc(-c2nc(-n3c4ccccc4n4c3nc3c5ccccc5n(-c5ccccc5)c34)c3ccccc3n2)cc1. The van der Waals surface area contributed by atoms with Crippen LogP contribution in [0.2, 0.25) is 0 Å². The van der Waals surface area contributed by atoms with Gasteiger partial charge >= 0.3 is 0 Å². The summed E-state index contributed by atoms with van der Waals surface area (Å²) >= 11 is 0. The van der Waals surface area contributed by atoms with Crippen LogP contribution in [0.1, 0.15) is 0 Å². The van der Waals surface area contributed by atoms with Crippen LogP contribution in [-0.2, 0) is 0 Å². The van der Waals surface area contributed by atoms with Crippen LogP contribution in [0.3, 0.4) is 0 Å². The molecule has 0 aliphatic heterocycles. The van der Waals surface area contributed by atoms with E-state index in [2.05, 4.69) is 117 Å². The van der Waals surface area contributed by atoms with Crippen molar-refractivity contribution in [2.24, 2.45) is 0 Å². The van der Waals surface area contributed by atoms with E-state index in [0.717, 1.165) is 66.8 Å². The first-order chi connectivity index (χ1) is 20.4. The van der Waals surface area contributed by atoms with Gasteiger partial charge in [0.05, 0.1) is 22.1 Å². The molecule has 0 aliphatic carbocycles. The topological polar surface area (TPSA) is 52.9 Å². The third-order valence-electron chi connectivity index (χ3n) is 7.85. The molecule has 0 saturated heterocycles. The van der Waals surface area contributed by atoms with Gasteiger partial charge in [-0.3, -0.25) is 13.5 Å². The number of rotatable bonds is 3. The lowest BCUT2D eigenvalue weighted by Crippen LogP contribution is -2.03. The largest absolute Gasteiger partial charge is 0.294 e. The molecule has 0 radical (unpaired) electrons. The molecule has 0 aliphatic rings. The minimum atomic E-state index is 0.686. The predicted octanol–water partition coefficient (Wildman–Crippen LogP) is 7.99. The molecule has 9 aromatic rings. The van der Waals surface area contributed by atoms with Gasteiger partial charge in [-0.1, -0.05) is 91.0 Å². The Morgan fingerprint density at radius 2 is 1.10 bits per heavy atom. The smallest absolute Gasteiger partial charge is 0.223 e. The lowest BCUT2D eigenvalue weighted by molar-refractivity contribution is 1.03. The lowest BCUT2D eigenvalue weighted by Gasteiger charge is -2.11. The Morgan fingerprint density at radius 3 is 1.90 bits per heavy atom. The fourth-order valence-corrected chi connectivity index (χ4v) is 6.09. The summed E-state index contributed by atoms with van der Waals surface area (Å²) in [7, 11) is 0. The molecule has 6 heteroatoms. The van der Waals surface area contributed by atoms with Crippen LogP contribution in [0.15, 0.2) is 133 Å². The van der Waals surface area contributed by atoms with Crippen LogP contribution in [0.5, 0.6) is 0 Å². The van der Waals surface area contributed by atoms with Crippen LogP contribution in [0, 0.1) is 0 Å². The lowest BCUT2D eigenvalue weighted by atomic mass is 10.2. The Labute approximate surface area is 234 Å². The first kappa shape index (κ1) is 22.1. The van der Waals surface area contributed by atoms with E-state index in [1.807, 2.05) is 30.3 Å². The molecule has 0 bridgehead atoms. The van der Waals surface area contributed by atoms with Crippen LogP contribution >= 0.6 is 0 Å². The second kappa shape index (κ2) is 8.37. The molecule has 5 aromatic carbocycles. The second-order valence-electron chi connectivity index (χ2n) is 10.2. The molecule has 0 spiro atoms. The number of para-hydroxylation sites is 5. The highest BCUT2D eigenvalue weighted by molar-refractivity contribution is 6.09. The number of fused-ring (bicyclic) bond motifs is 8. The van der Waals surface area contributed by atoms with Crippen molar-refractivity contribution < 1.29 is 0 Å². The van der Waals surface area contributed by atoms with E-state index in [0.29, 0.717) is 5.82 Å². The Bertz CT molecular complexity index is 2410. The fraction of sp³-hybridized carbons (Fsp3) is 0. The summed E-state index contributed by atoms with van der Waals surface area (Å²) in [5.41, 5.74) is 8.17. The molecule has 9 rings (SSSR count). The molecule has 0 N–H and O–H groups in total. The van der Waals surface area contributed by atoms with E-state index in [1.54, 1.807) is 0 Å². The summed E-state index contributed by atoms with van der Waals surface area (Å²) in [6.07, 6.45) is 0. The number of imidazole rings is 2. The number of aromatic nitrogens is 6. The zero-order valence-electron chi connectivity index (χ0n) is 21.9. The monoisotopic (exact) mass is 526 g/mol. The summed E-state index contributed by atoms with van der Waals surface area (Å²) in [6, 6.07) is 45.8. The zero-order chi connectivity index (χ0) is 26.9. The van der Waals surface area contributed by atoms with Crippen molar-refractivity contribution in [1.29, 1.82) is 0 Å². The van der Waals surface area contributed by atoms with Crippen molar-refractivity contribution in [1.82, 2.24) is 28.5 Å². The Kier molecular flexibility index (Phi) is 4.51. The Morgan fingerprint density at radius 1 is 0.463 bits per heavy atom. The van der Waals surface area contributed by atoms with Gasteiger partial charge in [-0.2, -0.15) is 0 Å². The third kappa shape index (κ3) is 3.10. The minimum Gasteiger partial charge on any atom is -0.294 e. The summed E-state index contributed by atoms with van der Waals surface area (Å²) in [4.78, 5) is 15.5. The molecule has 192 valence electrons. The summed E-state index contributed by atoms with van der Waals surface area (Å²) in [5.74, 6) is 2.31. The normalized spacial score (nSPS) is 11.9. The van der Waals surface area contributed by atoms with Crippen molar-refractivity contribution in [2.75, 3.05) is 0 Å². The summed E-state index contributed by atoms with van der Waals surface area (Å²) in [6.45, 7) is 0. The van der Waals surface area contributed by atoms with E-state index in [4.69, 9.17) is 15.0 Å². The Hall–Kier alpha value is -5.75. The molecule has 0 saturated carbocycles. The second-order valence-corrected chi connectivity index (χ2v) is 10.2. The van der Waals surface area contributed by atoms with E-state index < -0.39 is 0 Å². The minimum absolute atomic E-state index is 0.686. The number of benzene rings is 5. The number of nitrogens with zero attached hydrogens (tertiary/aromatic N) is 6. The van der Waals surface area contributed by atoms with Gasteiger partial charge in [-0.05, 0) is 42.5 Å². The van der Waals surface area contributed by atoms with Crippen LogP contribution in [0.25, 0.3) is 72.7 Å². The zero-order valence-corrected chi connectivity index (χ0v) is 21.9. The summed E-state index contributed by atoms with van der Waals surface area (Å²) in [5, 5.41) is 2.09. The summed E-state index contributed by atoms with van der Waals surface area (Å²) < 4.78 is 6.78. The van der Waals surface area contributed by atoms with Crippen LogP contribution in [0.4, 0.5) is 0 Å². The van der Waals surface area contributed by atoms with Crippen molar-refractivity contribution in [3.8, 4) is 22.9 Å². The molecule has 4 aromatic heterocycles. The molecule has 0 unspecified atom stereocenters. The number of hydrogen-bond acceptors (Lipinski definition) is 3. The first-order valence-corrected chi connectivity index (χ1v) is 13.7. The highest BCUT2D eigenvalue weighted by Gasteiger charge is 2.25. The molecule has 0 fully saturated rings. The van der Waals surface area contributed by atoms with Gasteiger partial charge in [0.25, 0.3) is 0 Å². The van der Waals surface area contributed by atoms with Gasteiger partial charge in [0.1, 0.15) is 5.52 Å². The molecule has 0 atom stereocenters. The van der Waals surface area contributed by atoms with E-state index in [1.165, 1.54) is 0 Å². The Balaban J connectivity index is 1.48. The van der Waals surface area contributed by atoms with Crippen molar-refractivity contribution >= 4 is 49.8 Å². The highest BCUT2D eigenvalue weighted by Crippen LogP contribution is 2.37. The van der Waals surface area contributed by atoms with Crippen molar-refractivity contribution in [3.63, 3.8) is 0 Å². The first-order valence-electron chi connectivity index (χ1n) is 13.7. The standard InChI is InChI=1S/C35H22N6/c1-3-13-23(14-4-1)32-36-27-19-9-7-17-25(27)33(38-32)40-29-21-11-12-22-30(29)41-34-31(37-35(40)41)26-18-8-10-20-28(26)39(34)24-15-5-2-6-16-24/h1-22H. The average Bonchev–Trinajstić information content (AvgIpc) is 3.67. The predicted molar refractivity (Wildman–Crippen MR) is 165 cm³/mol. The van der Waals surface area contributed by atoms with E-state index in [-0.39, 0.29) is 0 Å². The molecule has 4 heterocycles. The van der Waals surface area contributed by atoms with Gasteiger partial charge in [0, 0.05) is 22.0 Å². The number of hydrogen-bond donors (Lipinski definition) is 0. The van der Waals surface area contributed by atoms with Gasteiger partial charge in [0.2, 0.25) is 5.78 Å². The maximum atomic E-state index is 5.36. The average molecular weight is 527 g/mol. The molecular weight excluding hydrogens is 504 g/mol. The quantitative estimate of drug-likeness (QED) is 0.234. The molecule has 6 nitrogen and oxygen atoms in total. The van der Waals surface area contributed by atoms with E-state index >= 15 is 0 Å². The van der Waals surface area contributed by atoms with Gasteiger partial charge < -0.3 is 0 Å². The van der Waals surface area contributed by atoms with Gasteiger partial charge in [-0.25, -0.2) is 15.0 Å². The van der Waals surface area contributed by atoms with Crippen LogP contribution in [-0.4, -0.2) is 28.5 Å². The van der Waals surface area contributed by atoms with Crippen molar-refractivity contribution in [3.05, 3.63) is 133 Å². The molecule has 41 heavy (non-hydrogen) atoms. The third-order valence-corrected chi connectivity index (χ3v) is 7.85. The van der Waals surface area contributed by atoms with Crippen molar-refractivity contribution in [2.45, 2.75) is 0 Å².